The summed E-state index contributed by atoms with van der Waals surface area (Å²) in [6.45, 7) is 0.0224. The van der Waals surface area contributed by atoms with E-state index in [0.717, 1.165) is 16.7 Å². The fraction of sp³-hybridized carbons (Fsp3) is 0.286. The molecule has 1 fully saturated rings. The maximum atomic E-state index is 10.0. The number of imidazole rings is 1. The molecule has 0 spiro atoms. The van der Waals surface area contributed by atoms with E-state index in [0.29, 0.717) is 28.3 Å². The van der Waals surface area contributed by atoms with Gasteiger partial charge in [-0.2, -0.15) is 10.1 Å². The molecule has 1 aliphatic rings. The van der Waals surface area contributed by atoms with E-state index >= 15 is 0 Å². The summed E-state index contributed by atoms with van der Waals surface area (Å²) in [5.74, 6) is 0. The molecule has 1 saturated heterocycles. The minimum Gasteiger partial charge on any atom is -0.459 e. The van der Waals surface area contributed by atoms with Gasteiger partial charge in [-0.05, 0) is 11.6 Å². The molecule has 0 aliphatic carbocycles. The van der Waals surface area contributed by atoms with E-state index in [1.54, 1.807) is 12.3 Å². The Hall–Kier alpha value is -2.98. The lowest BCUT2D eigenvalue weighted by Gasteiger charge is -2.31. The first-order chi connectivity index (χ1) is 15.1. The minimum atomic E-state index is -0.794. The number of ether oxygens (including phenoxy) is 2. The molecule has 0 amide bonds. The van der Waals surface area contributed by atoms with E-state index in [-0.39, 0.29) is 25.3 Å². The molecule has 9 nitrogen and oxygen atoms in total. The minimum absolute atomic E-state index is 0.229. The zero-order valence-corrected chi connectivity index (χ0v) is 17.1. The molecule has 31 heavy (non-hydrogen) atoms. The van der Waals surface area contributed by atoms with Crippen molar-refractivity contribution in [1.82, 2.24) is 25.1 Å². The van der Waals surface area contributed by atoms with E-state index < -0.39 is 12.2 Å². The third kappa shape index (κ3) is 4.00. The molecule has 0 bridgehead atoms. The number of aromatic nitrogens is 5. The quantitative estimate of drug-likeness (QED) is 0.374. The van der Waals surface area contributed by atoms with Crippen LogP contribution in [0.1, 0.15) is 6.42 Å². The molecule has 160 valence electrons. The highest BCUT2D eigenvalue weighted by molar-refractivity contribution is 6.33. The van der Waals surface area contributed by atoms with Gasteiger partial charge in [0.15, 0.2) is 5.65 Å². The van der Waals surface area contributed by atoms with Crippen LogP contribution in [0.4, 0.5) is 0 Å². The van der Waals surface area contributed by atoms with Crippen molar-refractivity contribution in [2.24, 2.45) is 0 Å². The lowest BCUT2D eigenvalue weighted by atomic mass is 10.0. The Morgan fingerprint density at radius 1 is 1.16 bits per heavy atom. The number of fused-ring (bicyclic) bond motifs is 1. The van der Waals surface area contributed by atoms with Crippen molar-refractivity contribution in [2.45, 2.75) is 24.7 Å². The number of hydrogen-bond acceptors (Lipinski definition) is 7. The summed E-state index contributed by atoms with van der Waals surface area (Å²) in [5, 5.41) is 26.4. The summed E-state index contributed by atoms with van der Waals surface area (Å²) >= 11 is 6.49. The van der Waals surface area contributed by atoms with Crippen molar-refractivity contribution >= 4 is 22.8 Å². The lowest BCUT2D eigenvalue weighted by molar-refractivity contribution is -0.131. The standard InChI is InChI=1S/C21H20ClN5O4/c22-15-6-16-20(27-21(25-16)31-14-5-17(29)18(9-28)30-10-14)26-19(15)12-3-1-11(2-4-12)13-7-23-24-8-13/h1-4,6-8,14,17-18,28-29H,5,9-10H2,(H,23,24)(H,25,26,27). The average molecular weight is 442 g/mol. The van der Waals surface area contributed by atoms with Crippen LogP contribution < -0.4 is 4.74 Å². The van der Waals surface area contributed by atoms with Gasteiger partial charge < -0.3 is 24.7 Å². The second-order valence-corrected chi connectivity index (χ2v) is 7.80. The lowest BCUT2D eigenvalue weighted by Crippen LogP contribution is -2.45. The number of nitrogens with zero attached hydrogens (tertiary/aromatic N) is 3. The predicted molar refractivity (Wildman–Crippen MR) is 114 cm³/mol. The SMILES string of the molecule is OCC1OCC(Oc2nc3nc(-c4ccc(-c5cn[nH]c5)cc4)c(Cl)cc3[nH]2)CC1O. The highest BCUT2D eigenvalue weighted by atomic mass is 35.5. The fourth-order valence-electron chi connectivity index (χ4n) is 3.63. The van der Waals surface area contributed by atoms with Gasteiger partial charge in [0.2, 0.25) is 0 Å². The molecule has 3 unspecified atom stereocenters. The average Bonchev–Trinajstić information content (AvgIpc) is 3.43. The number of nitrogens with one attached hydrogen (secondary N) is 2. The van der Waals surface area contributed by atoms with Gasteiger partial charge in [0.1, 0.15) is 12.2 Å². The predicted octanol–water partition coefficient (Wildman–Crippen LogP) is 2.56. The van der Waals surface area contributed by atoms with Crippen molar-refractivity contribution in [3.05, 3.63) is 47.7 Å². The number of rotatable bonds is 5. The number of H-pyrrole nitrogens is 2. The smallest absolute Gasteiger partial charge is 0.296 e. The van der Waals surface area contributed by atoms with E-state index in [1.165, 1.54) is 0 Å². The second-order valence-electron chi connectivity index (χ2n) is 7.39. The Morgan fingerprint density at radius 3 is 2.68 bits per heavy atom. The summed E-state index contributed by atoms with van der Waals surface area (Å²) in [7, 11) is 0. The Labute approximate surface area is 182 Å². The van der Waals surface area contributed by atoms with Gasteiger partial charge in [0.05, 0.1) is 41.7 Å². The first-order valence-electron chi connectivity index (χ1n) is 9.83. The molecule has 10 heteroatoms. The molecule has 0 radical (unpaired) electrons. The third-order valence-electron chi connectivity index (χ3n) is 5.28. The van der Waals surface area contributed by atoms with Gasteiger partial charge in [-0.15, -0.1) is 0 Å². The molecule has 3 atom stereocenters. The Kier molecular flexibility index (Phi) is 5.33. The molecule has 4 aromatic rings. The number of halogens is 1. The number of hydrogen-bond donors (Lipinski definition) is 4. The van der Waals surface area contributed by atoms with Gasteiger partial charge >= 0.3 is 0 Å². The number of aliphatic hydroxyl groups excluding tert-OH is 2. The van der Waals surface area contributed by atoms with Crippen molar-refractivity contribution in [2.75, 3.05) is 13.2 Å². The number of aromatic amines is 2. The Morgan fingerprint density at radius 2 is 1.97 bits per heavy atom. The number of aliphatic hydroxyl groups is 2. The summed E-state index contributed by atoms with van der Waals surface area (Å²) in [4.78, 5) is 12.1. The molecule has 1 aliphatic heterocycles. The van der Waals surface area contributed by atoms with Crippen LogP contribution in [0, 0.1) is 0 Å². The largest absolute Gasteiger partial charge is 0.459 e. The van der Waals surface area contributed by atoms with Crippen LogP contribution in [0.3, 0.4) is 0 Å². The first kappa shape index (κ1) is 20.0. The van der Waals surface area contributed by atoms with Gasteiger partial charge in [-0.3, -0.25) is 5.10 Å². The van der Waals surface area contributed by atoms with Crippen LogP contribution in [-0.4, -0.2) is 66.9 Å². The van der Waals surface area contributed by atoms with Gasteiger partial charge in [-0.1, -0.05) is 35.9 Å². The monoisotopic (exact) mass is 441 g/mol. The van der Waals surface area contributed by atoms with Gasteiger partial charge in [0, 0.05) is 23.7 Å². The topological polar surface area (TPSA) is 129 Å². The fourth-order valence-corrected chi connectivity index (χ4v) is 3.89. The van der Waals surface area contributed by atoms with Gasteiger partial charge in [0.25, 0.3) is 6.01 Å². The molecule has 1 aromatic carbocycles. The second kappa shape index (κ2) is 8.27. The molecule has 5 rings (SSSR count). The third-order valence-corrected chi connectivity index (χ3v) is 5.57. The van der Waals surface area contributed by atoms with Crippen molar-refractivity contribution < 1.29 is 19.7 Å². The molecular weight excluding hydrogens is 422 g/mol. The van der Waals surface area contributed by atoms with Crippen molar-refractivity contribution in [1.29, 1.82) is 0 Å². The number of pyridine rings is 1. The van der Waals surface area contributed by atoms with Crippen molar-refractivity contribution in [3.8, 4) is 28.4 Å². The molecule has 3 aromatic heterocycles. The zero-order valence-electron chi connectivity index (χ0n) is 16.3. The van der Waals surface area contributed by atoms with Crippen LogP contribution in [0.2, 0.25) is 5.02 Å². The highest BCUT2D eigenvalue weighted by Crippen LogP contribution is 2.31. The van der Waals surface area contributed by atoms with Crippen LogP contribution >= 0.6 is 11.6 Å². The zero-order chi connectivity index (χ0) is 21.4. The first-order valence-corrected chi connectivity index (χ1v) is 10.2. The maximum Gasteiger partial charge on any atom is 0.296 e. The van der Waals surface area contributed by atoms with Crippen LogP contribution in [0.25, 0.3) is 33.5 Å². The van der Waals surface area contributed by atoms with E-state index in [1.807, 2.05) is 30.5 Å². The van der Waals surface area contributed by atoms with E-state index in [9.17, 15) is 10.2 Å². The number of benzene rings is 1. The Balaban J connectivity index is 1.37. The molecule has 4 heterocycles. The normalized spacial score (nSPS) is 21.5. The Bertz CT molecular complexity index is 1180. The van der Waals surface area contributed by atoms with E-state index in [2.05, 4.69) is 25.1 Å². The van der Waals surface area contributed by atoms with Gasteiger partial charge in [-0.25, -0.2) is 4.98 Å². The van der Waals surface area contributed by atoms with Crippen molar-refractivity contribution in [3.63, 3.8) is 0 Å². The summed E-state index contributed by atoms with van der Waals surface area (Å²) in [6, 6.07) is 9.90. The maximum absolute atomic E-state index is 10.0. The van der Waals surface area contributed by atoms with E-state index in [4.69, 9.17) is 21.1 Å². The van der Waals surface area contributed by atoms with Crippen LogP contribution in [0.15, 0.2) is 42.7 Å². The highest BCUT2D eigenvalue weighted by Gasteiger charge is 2.31. The van der Waals surface area contributed by atoms with Crippen LogP contribution in [0.5, 0.6) is 6.01 Å². The van der Waals surface area contributed by atoms with Crippen LogP contribution in [-0.2, 0) is 4.74 Å². The summed E-state index contributed by atoms with van der Waals surface area (Å²) < 4.78 is 11.2. The molecular formula is C21H20ClN5O4. The summed E-state index contributed by atoms with van der Waals surface area (Å²) in [6.07, 6.45) is 2.17. The molecule has 4 N–H and O–H groups in total. The molecule has 0 saturated carbocycles. The summed E-state index contributed by atoms with van der Waals surface area (Å²) in [5.41, 5.74) is 4.63.